The van der Waals surface area contributed by atoms with Crippen molar-refractivity contribution in [1.29, 1.82) is 0 Å². The molecular formula is C31H26FN3O5S2. The van der Waals surface area contributed by atoms with Gasteiger partial charge in [0.1, 0.15) is 18.2 Å². The standard InChI is InChI=1S/C31H26FN3O5S2/c1-3-16-40-23-15-14-20(17-24(23)39-4-2)26-25(27(36)19-10-6-5-7-11-19)28(37)29(38)35(26)30-33-34-31(42-30)41-18-21-12-8-9-13-22(21)32/h3,5-15,17,26,36H,1,4,16,18H2,2H3/b27-25+. The van der Waals surface area contributed by atoms with Crippen LogP contribution in [0.2, 0.25) is 0 Å². The van der Waals surface area contributed by atoms with Crippen molar-refractivity contribution in [1.82, 2.24) is 10.2 Å². The molecule has 1 N–H and O–H groups in total. The van der Waals surface area contributed by atoms with Crippen LogP contribution in [0.15, 0.2) is 95.4 Å². The number of ether oxygens (including phenoxy) is 2. The monoisotopic (exact) mass is 603 g/mol. The molecule has 0 bridgehead atoms. The average Bonchev–Trinajstić information content (AvgIpc) is 3.58. The van der Waals surface area contributed by atoms with Crippen LogP contribution >= 0.6 is 23.1 Å². The Hall–Kier alpha value is -4.48. The molecule has 2 heterocycles. The second-order valence-corrected chi connectivity index (χ2v) is 11.2. The largest absolute Gasteiger partial charge is 0.507 e. The lowest BCUT2D eigenvalue weighted by atomic mass is 9.95. The van der Waals surface area contributed by atoms with E-state index in [2.05, 4.69) is 16.8 Å². The zero-order valence-corrected chi connectivity index (χ0v) is 24.2. The summed E-state index contributed by atoms with van der Waals surface area (Å²) in [5, 5.41) is 19.9. The molecule has 4 aromatic rings. The molecular weight excluding hydrogens is 577 g/mol. The Morgan fingerprint density at radius 2 is 1.83 bits per heavy atom. The van der Waals surface area contributed by atoms with Gasteiger partial charge in [0, 0.05) is 11.3 Å². The summed E-state index contributed by atoms with van der Waals surface area (Å²) in [4.78, 5) is 28.3. The van der Waals surface area contributed by atoms with Crippen LogP contribution in [-0.2, 0) is 15.3 Å². The van der Waals surface area contributed by atoms with Crippen LogP contribution in [0.4, 0.5) is 9.52 Å². The minimum Gasteiger partial charge on any atom is -0.507 e. The third-order valence-electron chi connectivity index (χ3n) is 6.34. The van der Waals surface area contributed by atoms with Gasteiger partial charge >= 0.3 is 5.91 Å². The van der Waals surface area contributed by atoms with Crippen molar-refractivity contribution in [3.8, 4) is 11.5 Å². The van der Waals surface area contributed by atoms with Gasteiger partial charge in [-0.3, -0.25) is 14.5 Å². The number of hydrogen-bond donors (Lipinski definition) is 1. The van der Waals surface area contributed by atoms with Gasteiger partial charge in [0.25, 0.3) is 5.78 Å². The Kier molecular flexibility index (Phi) is 8.99. The molecule has 1 amide bonds. The summed E-state index contributed by atoms with van der Waals surface area (Å²) >= 11 is 2.36. The number of aliphatic hydroxyl groups excluding tert-OH is 1. The van der Waals surface area contributed by atoms with E-state index in [4.69, 9.17) is 9.47 Å². The lowest BCUT2D eigenvalue weighted by Gasteiger charge is -2.23. The highest BCUT2D eigenvalue weighted by molar-refractivity contribution is 8.00. The molecule has 1 atom stereocenters. The predicted molar refractivity (Wildman–Crippen MR) is 160 cm³/mol. The fourth-order valence-corrected chi connectivity index (χ4v) is 6.29. The zero-order valence-electron chi connectivity index (χ0n) is 22.5. The summed E-state index contributed by atoms with van der Waals surface area (Å²) in [6.07, 6.45) is 1.61. The number of thioether (sulfide) groups is 1. The molecule has 0 radical (unpaired) electrons. The molecule has 1 aliphatic rings. The van der Waals surface area contributed by atoms with Crippen LogP contribution in [-0.4, -0.2) is 40.2 Å². The first-order valence-electron chi connectivity index (χ1n) is 13.0. The fourth-order valence-electron chi connectivity index (χ4n) is 4.44. The van der Waals surface area contributed by atoms with Crippen LogP contribution in [0.5, 0.6) is 11.5 Å². The third kappa shape index (κ3) is 5.93. The van der Waals surface area contributed by atoms with E-state index in [0.717, 1.165) is 11.3 Å². The first-order chi connectivity index (χ1) is 20.4. The van der Waals surface area contributed by atoms with Gasteiger partial charge in [-0.2, -0.15) is 0 Å². The van der Waals surface area contributed by atoms with Crippen LogP contribution in [0.3, 0.4) is 0 Å². The number of nitrogens with zero attached hydrogens (tertiary/aromatic N) is 3. The molecule has 42 heavy (non-hydrogen) atoms. The van der Waals surface area contributed by atoms with Crippen molar-refractivity contribution >= 4 is 45.7 Å². The summed E-state index contributed by atoms with van der Waals surface area (Å²) < 4.78 is 26.2. The van der Waals surface area contributed by atoms with Gasteiger partial charge in [-0.1, -0.05) is 90.4 Å². The number of halogens is 1. The minimum atomic E-state index is -1.03. The smallest absolute Gasteiger partial charge is 0.301 e. The van der Waals surface area contributed by atoms with Gasteiger partial charge < -0.3 is 14.6 Å². The Labute approximate surface area is 250 Å². The fraction of sp³-hybridized carbons (Fsp3) is 0.161. The molecule has 0 saturated carbocycles. The number of Topliss-reactive ketones (excluding diaryl/α,β-unsaturated/α-hetero) is 1. The molecule has 1 saturated heterocycles. The molecule has 11 heteroatoms. The van der Waals surface area contributed by atoms with E-state index in [-0.39, 0.29) is 28.9 Å². The van der Waals surface area contributed by atoms with Crippen LogP contribution < -0.4 is 14.4 Å². The number of anilines is 1. The molecule has 1 fully saturated rings. The highest BCUT2D eigenvalue weighted by atomic mass is 32.2. The van der Waals surface area contributed by atoms with Crippen molar-refractivity contribution in [2.75, 3.05) is 18.1 Å². The van der Waals surface area contributed by atoms with E-state index in [0.29, 0.717) is 44.9 Å². The third-order valence-corrected chi connectivity index (χ3v) is 8.45. The van der Waals surface area contributed by atoms with Crippen molar-refractivity contribution in [2.24, 2.45) is 0 Å². The number of rotatable bonds is 11. The van der Waals surface area contributed by atoms with Gasteiger partial charge in [-0.05, 0) is 36.2 Å². The van der Waals surface area contributed by atoms with Crippen molar-refractivity contribution in [3.63, 3.8) is 0 Å². The first-order valence-corrected chi connectivity index (χ1v) is 14.8. The average molecular weight is 604 g/mol. The van der Waals surface area contributed by atoms with Crippen LogP contribution in [0.25, 0.3) is 5.76 Å². The number of benzene rings is 3. The summed E-state index contributed by atoms with van der Waals surface area (Å²) in [6, 6.07) is 19.0. The maximum absolute atomic E-state index is 14.1. The van der Waals surface area contributed by atoms with E-state index in [9.17, 15) is 19.1 Å². The van der Waals surface area contributed by atoms with E-state index in [1.54, 1.807) is 72.8 Å². The quantitative estimate of drug-likeness (QED) is 0.0514. The van der Waals surface area contributed by atoms with Gasteiger partial charge in [0.05, 0.1) is 18.2 Å². The zero-order chi connectivity index (χ0) is 29.6. The Morgan fingerprint density at radius 3 is 2.57 bits per heavy atom. The second-order valence-electron chi connectivity index (χ2n) is 9.00. The summed E-state index contributed by atoms with van der Waals surface area (Å²) in [6.45, 7) is 6.10. The molecule has 8 nitrogen and oxygen atoms in total. The van der Waals surface area contributed by atoms with Crippen LogP contribution in [0, 0.1) is 5.82 Å². The van der Waals surface area contributed by atoms with E-state index in [1.165, 1.54) is 22.7 Å². The molecule has 0 spiro atoms. The number of aromatic nitrogens is 2. The number of ketones is 1. The predicted octanol–water partition coefficient (Wildman–Crippen LogP) is 6.56. The maximum atomic E-state index is 14.1. The Balaban J connectivity index is 1.58. The summed E-state index contributed by atoms with van der Waals surface area (Å²) in [5.74, 6) is -1.19. The lowest BCUT2D eigenvalue weighted by molar-refractivity contribution is -0.132. The molecule has 5 rings (SSSR count). The summed E-state index contributed by atoms with van der Waals surface area (Å²) in [5.41, 5.74) is 1.29. The van der Waals surface area contributed by atoms with E-state index >= 15 is 0 Å². The molecule has 0 aliphatic carbocycles. The Morgan fingerprint density at radius 1 is 1.07 bits per heavy atom. The van der Waals surface area contributed by atoms with Gasteiger partial charge in [-0.15, -0.1) is 10.2 Å². The lowest BCUT2D eigenvalue weighted by Crippen LogP contribution is -2.29. The highest BCUT2D eigenvalue weighted by Crippen LogP contribution is 2.45. The molecule has 3 aromatic carbocycles. The maximum Gasteiger partial charge on any atom is 0.301 e. The number of carbonyl (C=O) groups is 2. The Bertz CT molecular complexity index is 1660. The second kappa shape index (κ2) is 13.0. The normalized spacial score (nSPS) is 16.0. The molecule has 1 aliphatic heterocycles. The van der Waals surface area contributed by atoms with Crippen LogP contribution in [0.1, 0.15) is 29.7 Å². The number of hydrogen-bond acceptors (Lipinski definition) is 9. The van der Waals surface area contributed by atoms with E-state index in [1.807, 2.05) is 6.92 Å². The van der Waals surface area contributed by atoms with E-state index < -0.39 is 17.7 Å². The topological polar surface area (TPSA) is 102 Å². The number of amides is 1. The van der Waals surface area contributed by atoms with Gasteiger partial charge in [0.2, 0.25) is 5.13 Å². The summed E-state index contributed by atoms with van der Waals surface area (Å²) in [7, 11) is 0. The highest BCUT2D eigenvalue weighted by Gasteiger charge is 2.48. The van der Waals surface area contributed by atoms with Crippen molar-refractivity contribution < 1.29 is 28.6 Å². The molecule has 1 unspecified atom stereocenters. The first kappa shape index (κ1) is 29.0. The molecule has 1 aromatic heterocycles. The SMILES string of the molecule is C=CCOc1ccc(C2/C(=C(\O)c3ccccc3)C(=O)C(=O)N2c2nnc(SCc3ccccc3F)s2)cc1OCC. The van der Waals surface area contributed by atoms with Crippen molar-refractivity contribution in [3.05, 3.63) is 114 Å². The van der Waals surface area contributed by atoms with Gasteiger partial charge in [0.15, 0.2) is 15.8 Å². The number of carbonyl (C=O) groups excluding carboxylic acids is 2. The molecule has 214 valence electrons. The van der Waals surface area contributed by atoms with Crippen molar-refractivity contribution in [2.45, 2.75) is 23.1 Å². The van der Waals surface area contributed by atoms with Gasteiger partial charge in [-0.25, -0.2) is 4.39 Å². The number of aliphatic hydroxyl groups is 1. The minimum absolute atomic E-state index is 0.0934.